The van der Waals surface area contributed by atoms with Crippen LogP contribution in [0.4, 0.5) is 11.4 Å². The molecular formula is C14H18N2O4. The lowest BCUT2D eigenvalue weighted by molar-refractivity contribution is -0.384. The van der Waals surface area contributed by atoms with E-state index >= 15 is 0 Å². The van der Waals surface area contributed by atoms with Crippen LogP contribution in [0, 0.1) is 22.5 Å². The molecule has 1 aliphatic heterocycles. The molecule has 20 heavy (non-hydrogen) atoms. The number of carboxylic acids is 1. The molecule has 0 aliphatic carbocycles. The molecule has 0 radical (unpaired) electrons. The lowest BCUT2D eigenvalue weighted by Crippen LogP contribution is -2.34. The molecule has 1 N–H and O–H groups in total. The van der Waals surface area contributed by atoms with Gasteiger partial charge in [0.15, 0.2) is 0 Å². The summed E-state index contributed by atoms with van der Waals surface area (Å²) in [6.45, 7) is 4.40. The third-order valence-corrected chi connectivity index (χ3v) is 4.22. The van der Waals surface area contributed by atoms with Gasteiger partial charge in [0.2, 0.25) is 0 Å². The third-order valence-electron chi connectivity index (χ3n) is 4.22. The van der Waals surface area contributed by atoms with E-state index in [4.69, 9.17) is 0 Å². The van der Waals surface area contributed by atoms with E-state index in [0.717, 1.165) is 0 Å². The molecule has 1 aliphatic rings. The minimum Gasteiger partial charge on any atom is -0.481 e. The highest BCUT2D eigenvalue weighted by Crippen LogP contribution is 2.40. The van der Waals surface area contributed by atoms with E-state index in [2.05, 4.69) is 0 Å². The van der Waals surface area contributed by atoms with Gasteiger partial charge in [-0.25, -0.2) is 0 Å². The van der Waals surface area contributed by atoms with Gasteiger partial charge in [0.1, 0.15) is 5.69 Å². The van der Waals surface area contributed by atoms with Gasteiger partial charge >= 0.3 is 5.97 Å². The number of anilines is 1. The van der Waals surface area contributed by atoms with Gasteiger partial charge in [-0.3, -0.25) is 14.9 Å². The maximum Gasteiger partial charge on any atom is 0.311 e. The lowest BCUT2D eigenvalue weighted by Gasteiger charge is -2.24. The van der Waals surface area contributed by atoms with Crippen LogP contribution in [-0.4, -0.2) is 29.1 Å². The summed E-state index contributed by atoms with van der Waals surface area (Å²) in [5, 5.41) is 20.6. The normalized spacial score (nSPS) is 22.0. The van der Waals surface area contributed by atoms with Crippen molar-refractivity contribution in [3.8, 4) is 0 Å². The van der Waals surface area contributed by atoms with Crippen molar-refractivity contribution in [2.75, 3.05) is 18.0 Å². The quantitative estimate of drug-likeness (QED) is 0.676. The molecule has 1 aromatic carbocycles. The second-order valence-corrected chi connectivity index (χ2v) is 5.31. The van der Waals surface area contributed by atoms with Crippen molar-refractivity contribution in [1.29, 1.82) is 0 Å². The van der Waals surface area contributed by atoms with Crippen LogP contribution in [0.3, 0.4) is 0 Å². The molecule has 6 nitrogen and oxygen atoms in total. The number of benzene rings is 1. The molecule has 1 aromatic rings. The van der Waals surface area contributed by atoms with Gasteiger partial charge in [-0.2, -0.15) is 0 Å². The molecule has 1 atom stereocenters. The van der Waals surface area contributed by atoms with Gasteiger partial charge < -0.3 is 10.0 Å². The first-order valence-corrected chi connectivity index (χ1v) is 6.63. The number of para-hydroxylation sites is 1. The zero-order chi connectivity index (χ0) is 14.9. The number of nitro benzene ring substituents is 1. The number of rotatable bonds is 4. The van der Waals surface area contributed by atoms with E-state index in [-0.39, 0.29) is 5.69 Å². The topological polar surface area (TPSA) is 83.7 Å². The highest BCUT2D eigenvalue weighted by atomic mass is 16.6. The Morgan fingerprint density at radius 2 is 2.25 bits per heavy atom. The third kappa shape index (κ3) is 2.21. The van der Waals surface area contributed by atoms with Crippen molar-refractivity contribution in [3.05, 3.63) is 33.9 Å². The summed E-state index contributed by atoms with van der Waals surface area (Å²) in [5.41, 5.74) is 0.394. The van der Waals surface area contributed by atoms with Crippen LogP contribution < -0.4 is 4.90 Å². The molecule has 6 heteroatoms. The van der Waals surface area contributed by atoms with Gasteiger partial charge in [0, 0.05) is 18.7 Å². The van der Waals surface area contributed by atoms with E-state index in [1.165, 1.54) is 0 Å². The van der Waals surface area contributed by atoms with Crippen LogP contribution in [0.5, 0.6) is 0 Å². The van der Waals surface area contributed by atoms with E-state index in [0.29, 0.717) is 37.2 Å². The number of carbonyl (C=O) groups is 1. The molecule has 2 rings (SSSR count). The number of carboxylic acid groups (broad SMARTS) is 1. The first-order chi connectivity index (χ1) is 9.41. The fourth-order valence-corrected chi connectivity index (χ4v) is 2.83. The summed E-state index contributed by atoms with van der Waals surface area (Å²) < 4.78 is 0. The molecule has 1 saturated heterocycles. The van der Waals surface area contributed by atoms with Crippen molar-refractivity contribution in [2.24, 2.45) is 5.41 Å². The number of aryl methyl sites for hydroxylation is 1. The first kappa shape index (κ1) is 14.3. The van der Waals surface area contributed by atoms with Gasteiger partial charge in [0.05, 0.1) is 10.3 Å². The maximum atomic E-state index is 11.5. The first-order valence-electron chi connectivity index (χ1n) is 6.63. The molecular weight excluding hydrogens is 260 g/mol. The average molecular weight is 278 g/mol. The Morgan fingerprint density at radius 3 is 2.75 bits per heavy atom. The van der Waals surface area contributed by atoms with Crippen LogP contribution in [0.25, 0.3) is 0 Å². The number of nitrogens with zero attached hydrogens (tertiary/aromatic N) is 2. The summed E-state index contributed by atoms with van der Waals surface area (Å²) in [4.78, 5) is 24.1. The van der Waals surface area contributed by atoms with Crippen LogP contribution in [-0.2, 0) is 4.79 Å². The van der Waals surface area contributed by atoms with E-state index in [1.54, 1.807) is 25.1 Å². The van der Waals surface area contributed by atoms with Crippen molar-refractivity contribution in [3.63, 3.8) is 0 Å². The summed E-state index contributed by atoms with van der Waals surface area (Å²) in [7, 11) is 0. The molecule has 0 saturated carbocycles. The van der Waals surface area contributed by atoms with Crippen molar-refractivity contribution < 1.29 is 14.8 Å². The summed E-state index contributed by atoms with van der Waals surface area (Å²) >= 11 is 0. The highest BCUT2D eigenvalue weighted by Gasteiger charge is 2.44. The van der Waals surface area contributed by atoms with E-state index in [9.17, 15) is 20.0 Å². The molecule has 0 amide bonds. The Balaban J connectivity index is 2.38. The van der Waals surface area contributed by atoms with Crippen molar-refractivity contribution in [1.82, 2.24) is 0 Å². The van der Waals surface area contributed by atoms with Crippen LogP contribution in [0.2, 0.25) is 0 Å². The van der Waals surface area contributed by atoms with Gasteiger partial charge in [0.25, 0.3) is 5.69 Å². The predicted molar refractivity (Wildman–Crippen MR) is 75.0 cm³/mol. The van der Waals surface area contributed by atoms with Crippen LogP contribution >= 0.6 is 0 Å². The number of nitro groups is 1. The molecule has 0 bridgehead atoms. The second kappa shape index (κ2) is 5.11. The SMILES string of the molecule is CCC1(C(=O)O)CCN(c2cccc(C)c2[N+](=O)[O-])C1. The average Bonchev–Trinajstić information content (AvgIpc) is 2.83. The Hall–Kier alpha value is -2.11. The molecule has 0 aromatic heterocycles. The Bertz CT molecular complexity index is 558. The number of aliphatic carboxylic acids is 1. The standard InChI is InChI=1S/C14H18N2O4/c1-3-14(13(17)18)7-8-15(9-14)11-6-4-5-10(2)12(11)16(19)20/h4-6H,3,7-9H2,1-2H3,(H,17,18). The van der Waals surface area contributed by atoms with E-state index in [1.807, 2.05) is 11.8 Å². The Kier molecular flexibility index (Phi) is 3.65. The van der Waals surface area contributed by atoms with Gasteiger partial charge in [-0.1, -0.05) is 19.1 Å². The molecule has 0 spiro atoms. The Morgan fingerprint density at radius 1 is 1.55 bits per heavy atom. The summed E-state index contributed by atoms with van der Waals surface area (Å²) in [5.74, 6) is -0.821. The molecule has 1 unspecified atom stereocenters. The molecule has 1 heterocycles. The largest absolute Gasteiger partial charge is 0.481 e. The number of hydrogen-bond donors (Lipinski definition) is 1. The fraction of sp³-hybridized carbons (Fsp3) is 0.500. The number of hydrogen-bond acceptors (Lipinski definition) is 4. The van der Waals surface area contributed by atoms with E-state index < -0.39 is 16.3 Å². The zero-order valence-corrected chi connectivity index (χ0v) is 11.6. The maximum absolute atomic E-state index is 11.5. The van der Waals surface area contributed by atoms with Crippen LogP contribution in [0.15, 0.2) is 18.2 Å². The lowest BCUT2D eigenvalue weighted by atomic mass is 9.84. The van der Waals surface area contributed by atoms with Gasteiger partial charge in [-0.05, 0) is 25.8 Å². The fourth-order valence-electron chi connectivity index (χ4n) is 2.83. The molecule has 1 fully saturated rings. The predicted octanol–water partition coefficient (Wildman–Crippen LogP) is 2.59. The second-order valence-electron chi connectivity index (χ2n) is 5.31. The summed E-state index contributed by atoms with van der Waals surface area (Å²) in [6.07, 6.45) is 1.04. The highest BCUT2D eigenvalue weighted by molar-refractivity contribution is 5.78. The minimum absolute atomic E-state index is 0.0739. The smallest absolute Gasteiger partial charge is 0.311 e. The summed E-state index contributed by atoms with van der Waals surface area (Å²) in [6, 6.07) is 5.16. The zero-order valence-electron chi connectivity index (χ0n) is 11.6. The monoisotopic (exact) mass is 278 g/mol. The van der Waals surface area contributed by atoms with Crippen molar-refractivity contribution in [2.45, 2.75) is 26.7 Å². The molecule has 108 valence electrons. The minimum atomic E-state index is -0.821. The van der Waals surface area contributed by atoms with Gasteiger partial charge in [-0.15, -0.1) is 0 Å². The van der Waals surface area contributed by atoms with Crippen LogP contribution in [0.1, 0.15) is 25.3 Å². The Labute approximate surface area is 117 Å². The van der Waals surface area contributed by atoms with Crippen molar-refractivity contribution >= 4 is 17.3 Å².